The molecule has 4 nitrogen and oxygen atoms in total. The lowest BCUT2D eigenvalue weighted by Gasteiger charge is -2.25. The fourth-order valence-electron chi connectivity index (χ4n) is 1.42. The maximum absolute atomic E-state index is 12.7. The summed E-state index contributed by atoms with van der Waals surface area (Å²) in [6.45, 7) is 2.75. The van der Waals surface area contributed by atoms with Crippen molar-refractivity contribution in [3.8, 4) is 0 Å². The molecule has 88 valence electrons. The van der Waals surface area contributed by atoms with Crippen LogP contribution in [0.15, 0.2) is 18.2 Å². The molecule has 0 amide bonds. The van der Waals surface area contributed by atoms with Crippen molar-refractivity contribution in [1.29, 1.82) is 0 Å². The zero-order valence-corrected chi connectivity index (χ0v) is 8.91. The lowest BCUT2D eigenvalue weighted by atomic mass is 9.89. The summed E-state index contributed by atoms with van der Waals surface area (Å²) >= 11 is 0. The quantitative estimate of drug-likeness (QED) is 0.640. The molecule has 0 bridgehead atoms. The highest BCUT2D eigenvalue weighted by Gasteiger charge is 2.34. The SMILES string of the molecule is Cc1ccc([N+](=O)[O-])cc1C(C)(N)C(F)F. The number of halogens is 2. The minimum Gasteiger partial charge on any atom is -0.317 e. The first-order chi connectivity index (χ1) is 7.26. The highest BCUT2D eigenvalue weighted by atomic mass is 19.3. The number of nitrogens with zero attached hydrogens (tertiary/aromatic N) is 1. The van der Waals surface area contributed by atoms with Crippen molar-refractivity contribution < 1.29 is 13.7 Å². The van der Waals surface area contributed by atoms with Crippen molar-refractivity contribution in [3.05, 3.63) is 39.4 Å². The number of aryl methyl sites for hydroxylation is 1. The summed E-state index contributed by atoms with van der Waals surface area (Å²) in [5, 5.41) is 10.5. The summed E-state index contributed by atoms with van der Waals surface area (Å²) in [6.07, 6.45) is -2.78. The van der Waals surface area contributed by atoms with Gasteiger partial charge in [0, 0.05) is 12.1 Å². The van der Waals surface area contributed by atoms with Gasteiger partial charge >= 0.3 is 0 Å². The molecular weight excluding hydrogens is 218 g/mol. The summed E-state index contributed by atoms with van der Waals surface area (Å²) in [5.41, 5.74) is 3.97. The maximum Gasteiger partial charge on any atom is 0.269 e. The van der Waals surface area contributed by atoms with Crippen molar-refractivity contribution in [1.82, 2.24) is 0 Å². The Hall–Kier alpha value is -1.56. The third-order valence-corrected chi connectivity index (χ3v) is 2.47. The minimum absolute atomic E-state index is 0.0942. The fraction of sp³-hybridized carbons (Fsp3) is 0.400. The van der Waals surface area contributed by atoms with E-state index in [2.05, 4.69) is 0 Å². The number of rotatable bonds is 3. The zero-order valence-electron chi connectivity index (χ0n) is 8.91. The maximum atomic E-state index is 12.7. The summed E-state index contributed by atoms with van der Waals surface area (Å²) in [4.78, 5) is 9.90. The summed E-state index contributed by atoms with van der Waals surface area (Å²) in [7, 11) is 0. The van der Waals surface area contributed by atoms with E-state index in [1.54, 1.807) is 6.92 Å². The molecule has 1 rings (SSSR count). The number of hydrogen-bond donors (Lipinski definition) is 1. The van der Waals surface area contributed by atoms with Gasteiger partial charge in [-0.25, -0.2) is 8.78 Å². The lowest BCUT2D eigenvalue weighted by molar-refractivity contribution is -0.385. The minimum atomic E-state index is -2.78. The molecule has 2 N–H and O–H groups in total. The summed E-state index contributed by atoms with van der Waals surface area (Å²) < 4.78 is 25.4. The van der Waals surface area contributed by atoms with E-state index in [0.29, 0.717) is 5.56 Å². The zero-order chi connectivity index (χ0) is 12.5. The molecule has 0 spiro atoms. The Kier molecular flexibility index (Phi) is 3.23. The molecule has 6 heteroatoms. The van der Waals surface area contributed by atoms with Gasteiger partial charge in [0.25, 0.3) is 12.1 Å². The Bertz CT molecular complexity index is 419. The van der Waals surface area contributed by atoms with E-state index in [1.165, 1.54) is 12.1 Å². The molecule has 1 atom stereocenters. The Morgan fingerprint density at radius 1 is 1.50 bits per heavy atom. The van der Waals surface area contributed by atoms with Gasteiger partial charge in [0.15, 0.2) is 0 Å². The molecule has 1 aromatic carbocycles. The first-order valence-corrected chi connectivity index (χ1v) is 4.59. The van der Waals surface area contributed by atoms with Gasteiger partial charge in [-0.3, -0.25) is 10.1 Å². The normalized spacial score (nSPS) is 14.9. The third-order valence-electron chi connectivity index (χ3n) is 2.47. The number of nitro benzene ring substituents is 1. The topological polar surface area (TPSA) is 69.2 Å². The molecule has 0 radical (unpaired) electrons. The van der Waals surface area contributed by atoms with E-state index in [9.17, 15) is 18.9 Å². The van der Waals surface area contributed by atoms with Crippen LogP contribution in [0.3, 0.4) is 0 Å². The van der Waals surface area contributed by atoms with Crippen molar-refractivity contribution >= 4 is 5.69 Å². The van der Waals surface area contributed by atoms with Gasteiger partial charge in [0.05, 0.1) is 4.92 Å². The van der Waals surface area contributed by atoms with Gasteiger partial charge in [0.1, 0.15) is 5.54 Å². The molecule has 16 heavy (non-hydrogen) atoms. The molecule has 0 saturated carbocycles. The van der Waals surface area contributed by atoms with Crippen molar-refractivity contribution in [3.63, 3.8) is 0 Å². The third kappa shape index (κ3) is 2.16. The Balaban J connectivity index is 3.32. The lowest BCUT2D eigenvalue weighted by Crippen LogP contribution is -2.41. The number of nitrogens with two attached hydrogens (primary N) is 1. The number of alkyl halides is 2. The van der Waals surface area contributed by atoms with Gasteiger partial charge in [-0.15, -0.1) is 0 Å². The van der Waals surface area contributed by atoms with Gasteiger partial charge in [-0.1, -0.05) is 6.07 Å². The first-order valence-electron chi connectivity index (χ1n) is 4.59. The average Bonchev–Trinajstić information content (AvgIpc) is 2.17. The van der Waals surface area contributed by atoms with Gasteiger partial charge in [-0.2, -0.15) is 0 Å². The molecule has 1 aromatic rings. The molecule has 0 heterocycles. The van der Waals surface area contributed by atoms with Gasteiger partial charge in [-0.05, 0) is 25.0 Å². The molecule has 0 fully saturated rings. The number of non-ortho nitro benzene ring substituents is 1. The van der Waals surface area contributed by atoms with Crippen LogP contribution in [0.4, 0.5) is 14.5 Å². The van der Waals surface area contributed by atoms with Crippen LogP contribution in [0, 0.1) is 17.0 Å². The predicted molar refractivity (Wildman–Crippen MR) is 55.4 cm³/mol. The summed E-state index contributed by atoms with van der Waals surface area (Å²) in [6, 6.07) is 3.78. The van der Waals surface area contributed by atoms with E-state index in [4.69, 9.17) is 5.73 Å². The molecule has 0 aromatic heterocycles. The predicted octanol–water partition coefficient (Wildman–Crippen LogP) is 2.34. The van der Waals surface area contributed by atoms with Crippen LogP contribution in [-0.4, -0.2) is 11.3 Å². The van der Waals surface area contributed by atoms with Crippen LogP contribution < -0.4 is 5.73 Å². The molecule has 0 saturated heterocycles. The molecular formula is C10H12F2N2O2. The van der Waals surface area contributed by atoms with Crippen LogP contribution in [0.5, 0.6) is 0 Å². The highest BCUT2D eigenvalue weighted by molar-refractivity contribution is 5.43. The van der Waals surface area contributed by atoms with E-state index in [1.807, 2.05) is 0 Å². The van der Waals surface area contributed by atoms with Crippen LogP contribution >= 0.6 is 0 Å². The summed E-state index contributed by atoms with van der Waals surface area (Å²) in [5.74, 6) is 0. The Morgan fingerprint density at radius 2 is 2.06 bits per heavy atom. The fourth-order valence-corrected chi connectivity index (χ4v) is 1.42. The highest BCUT2D eigenvalue weighted by Crippen LogP contribution is 2.30. The second kappa shape index (κ2) is 4.13. The van der Waals surface area contributed by atoms with Crippen molar-refractivity contribution in [2.45, 2.75) is 25.8 Å². The van der Waals surface area contributed by atoms with E-state index >= 15 is 0 Å². The van der Waals surface area contributed by atoms with Crippen LogP contribution in [0.25, 0.3) is 0 Å². The van der Waals surface area contributed by atoms with Crippen LogP contribution in [0.2, 0.25) is 0 Å². The van der Waals surface area contributed by atoms with E-state index in [0.717, 1.165) is 13.0 Å². The van der Waals surface area contributed by atoms with Crippen molar-refractivity contribution in [2.75, 3.05) is 0 Å². The van der Waals surface area contributed by atoms with E-state index < -0.39 is 16.9 Å². The van der Waals surface area contributed by atoms with Crippen LogP contribution in [-0.2, 0) is 5.54 Å². The smallest absolute Gasteiger partial charge is 0.269 e. The monoisotopic (exact) mass is 230 g/mol. The van der Waals surface area contributed by atoms with Crippen molar-refractivity contribution in [2.24, 2.45) is 5.73 Å². The Morgan fingerprint density at radius 3 is 2.50 bits per heavy atom. The second-order valence-electron chi connectivity index (χ2n) is 3.84. The molecule has 0 aliphatic rings. The first kappa shape index (κ1) is 12.5. The van der Waals surface area contributed by atoms with Crippen LogP contribution in [0.1, 0.15) is 18.1 Å². The number of benzene rings is 1. The average molecular weight is 230 g/mol. The largest absolute Gasteiger partial charge is 0.317 e. The second-order valence-corrected chi connectivity index (χ2v) is 3.84. The van der Waals surface area contributed by atoms with Gasteiger partial charge < -0.3 is 5.73 Å². The van der Waals surface area contributed by atoms with E-state index in [-0.39, 0.29) is 11.3 Å². The molecule has 0 aliphatic carbocycles. The standard InChI is InChI=1S/C10H12F2N2O2/c1-6-3-4-7(14(15)16)5-8(6)10(2,13)9(11)12/h3-5,9H,13H2,1-2H3. The Labute approximate surface area is 91.2 Å². The molecule has 1 unspecified atom stereocenters. The molecule has 0 aliphatic heterocycles. The van der Waals surface area contributed by atoms with Gasteiger partial charge in [0.2, 0.25) is 0 Å². The number of hydrogen-bond acceptors (Lipinski definition) is 3. The number of nitro groups is 1.